The number of nitrogens with one attached hydrogen (secondary N) is 1. The first kappa shape index (κ1) is 15.3. The lowest BCUT2D eigenvalue weighted by Crippen LogP contribution is -2.51. The van der Waals surface area contributed by atoms with Gasteiger partial charge in [0.2, 0.25) is 12.3 Å². The average molecular weight is 280 g/mol. The summed E-state index contributed by atoms with van der Waals surface area (Å²) >= 11 is 0. The highest BCUT2D eigenvalue weighted by Crippen LogP contribution is 2.42. The Bertz CT molecular complexity index is 343. The molecule has 0 aliphatic heterocycles. The summed E-state index contributed by atoms with van der Waals surface area (Å²) in [4.78, 5) is 24.6. The van der Waals surface area contributed by atoms with E-state index in [1.54, 1.807) is 4.90 Å². The molecular weight excluding hydrogens is 252 g/mol. The van der Waals surface area contributed by atoms with Crippen molar-refractivity contribution in [2.24, 2.45) is 17.8 Å². The van der Waals surface area contributed by atoms with Crippen molar-refractivity contribution < 1.29 is 9.59 Å². The van der Waals surface area contributed by atoms with Crippen LogP contribution in [0.1, 0.15) is 52.4 Å². The first-order valence-electron chi connectivity index (χ1n) is 8.12. The number of rotatable bonds is 6. The van der Waals surface area contributed by atoms with E-state index in [-0.39, 0.29) is 12.5 Å². The van der Waals surface area contributed by atoms with Crippen LogP contribution in [0.4, 0.5) is 0 Å². The highest BCUT2D eigenvalue weighted by atomic mass is 16.2. The predicted molar refractivity (Wildman–Crippen MR) is 79.1 cm³/mol. The number of fused-ring (bicyclic) bond motifs is 2. The molecule has 1 N–H and O–H groups in total. The third-order valence-electron chi connectivity index (χ3n) is 4.98. The van der Waals surface area contributed by atoms with E-state index in [0.29, 0.717) is 24.4 Å². The molecule has 0 aromatic rings. The second kappa shape index (κ2) is 7.09. The molecule has 2 aliphatic carbocycles. The van der Waals surface area contributed by atoms with Crippen LogP contribution < -0.4 is 5.32 Å². The minimum absolute atomic E-state index is 0.00595. The van der Waals surface area contributed by atoms with Gasteiger partial charge in [-0.05, 0) is 43.4 Å². The molecule has 2 saturated carbocycles. The van der Waals surface area contributed by atoms with Gasteiger partial charge < -0.3 is 10.2 Å². The standard InChI is InChI=1S/C16H28N2O2/c1-3-7-18(11-19)10-15(20)17-16-12(2)8-13-5-4-6-14(16)9-13/h11-14,16H,3-10H2,1-2H3,(H,17,20). The Morgan fingerprint density at radius 3 is 2.85 bits per heavy atom. The van der Waals surface area contributed by atoms with Crippen molar-refractivity contribution in [1.82, 2.24) is 10.2 Å². The van der Waals surface area contributed by atoms with Crippen LogP contribution in [0.15, 0.2) is 0 Å². The number of carbonyl (C=O) groups excluding carboxylic acids is 2. The average Bonchev–Trinajstić information content (AvgIpc) is 2.43. The van der Waals surface area contributed by atoms with E-state index in [1.165, 1.54) is 32.1 Å². The highest BCUT2D eigenvalue weighted by molar-refractivity contribution is 5.80. The zero-order valence-corrected chi connectivity index (χ0v) is 12.8. The molecule has 2 amide bonds. The second-order valence-electron chi connectivity index (χ2n) is 6.67. The van der Waals surface area contributed by atoms with Crippen LogP contribution in [0.3, 0.4) is 0 Å². The van der Waals surface area contributed by atoms with E-state index in [0.717, 1.165) is 18.7 Å². The fraction of sp³-hybridized carbons (Fsp3) is 0.875. The molecule has 0 aromatic carbocycles. The molecule has 20 heavy (non-hydrogen) atoms. The summed E-state index contributed by atoms with van der Waals surface area (Å²) in [6.45, 7) is 5.14. The van der Waals surface area contributed by atoms with Crippen molar-refractivity contribution in [1.29, 1.82) is 0 Å². The van der Waals surface area contributed by atoms with Crippen molar-refractivity contribution in [3.8, 4) is 0 Å². The highest BCUT2D eigenvalue weighted by Gasteiger charge is 2.38. The van der Waals surface area contributed by atoms with Crippen LogP contribution in [0.5, 0.6) is 0 Å². The van der Waals surface area contributed by atoms with E-state index >= 15 is 0 Å². The van der Waals surface area contributed by atoms with E-state index in [1.807, 2.05) is 6.92 Å². The maximum Gasteiger partial charge on any atom is 0.239 e. The molecule has 0 heterocycles. The molecular formula is C16H28N2O2. The molecule has 0 radical (unpaired) electrons. The van der Waals surface area contributed by atoms with E-state index in [2.05, 4.69) is 12.2 Å². The monoisotopic (exact) mass is 280 g/mol. The van der Waals surface area contributed by atoms with Crippen molar-refractivity contribution >= 4 is 12.3 Å². The van der Waals surface area contributed by atoms with Gasteiger partial charge in [0.15, 0.2) is 0 Å². The van der Waals surface area contributed by atoms with E-state index in [9.17, 15) is 9.59 Å². The van der Waals surface area contributed by atoms with Gasteiger partial charge in [0.25, 0.3) is 0 Å². The topological polar surface area (TPSA) is 49.4 Å². The molecule has 4 heteroatoms. The Kier molecular flexibility index (Phi) is 5.44. The van der Waals surface area contributed by atoms with E-state index < -0.39 is 0 Å². The summed E-state index contributed by atoms with van der Waals surface area (Å²) in [5.74, 6) is 2.10. The maximum absolute atomic E-state index is 12.2. The Balaban J connectivity index is 1.87. The van der Waals surface area contributed by atoms with Crippen LogP contribution in [-0.2, 0) is 9.59 Å². The van der Waals surface area contributed by atoms with Crippen molar-refractivity contribution in [2.45, 2.75) is 58.4 Å². The number of amides is 2. The summed E-state index contributed by atoms with van der Waals surface area (Å²) in [6, 6.07) is 0.314. The van der Waals surface area contributed by atoms with Crippen molar-refractivity contribution in [3.63, 3.8) is 0 Å². The molecule has 2 fully saturated rings. The lowest BCUT2D eigenvalue weighted by atomic mass is 9.65. The predicted octanol–water partition coefficient (Wildman–Crippen LogP) is 2.19. The third kappa shape index (κ3) is 3.74. The van der Waals surface area contributed by atoms with Crippen LogP contribution in [-0.4, -0.2) is 36.3 Å². The summed E-state index contributed by atoms with van der Waals surface area (Å²) < 4.78 is 0. The Hall–Kier alpha value is -1.06. The third-order valence-corrected chi connectivity index (χ3v) is 4.98. The van der Waals surface area contributed by atoms with Crippen LogP contribution >= 0.6 is 0 Å². The fourth-order valence-electron chi connectivity index (χ4n) is 4.14. The molecule has 2 rings (SSSR count). The van der Waals surface area contributed by atoms with Gasteiger partial charge >= 0.3 is 0 Å². The summed E-state index contributed by atoms with van der Waals surface area (Å²) in [6.07, 6.45) is 8.12. The van der Waals surface area contributed by atoms with E-state index in [4.69, 9.17) is 0 Å². The second-order valence-corrected chi connectivity index (χ2v) is 6.67. The van der Waals surface area contributed by atoms with Crippen LogP contribution in [0.2, 0.25) is 0 Å². The molecule has 4 atom stereocenters. The Labute approximate surface area is 122 Å². The molecule has 114 valence electrons. The lowest BCUT2D eigenvalue weighted by molar-refractivity contribution is -0.129. The fourth-order valence-corrected chi connectivity index (χ4v) is 4.14. The SMILES string of the molecule is CCCN(C=O)CC(=O)NC1C(C)CC2CCCC1C2. The Morgan fingerprint density at radius 2 is 2.15 bits per heavy atom. The molecule has 0 saturated heterocycles. The maximum atomic E-state index is 12.2. The van der Waals surface area contributed by atoms with Gasteiger partial charge in [0.05, 0.1) is 6.54 Å². The van der Waals surface area contributed by atoms with Gasteiger partial charge in [-0.2, -0.15) is 0 Å². The molecule has 0 aromatic heterocycles. The zero-order chi connectivity index (χ0) is 14.5. The number of carbonyl (C=O) groups is 2. The van der Waals surface area contributed by atoms with Gasteiger partial charge in [0, 0.05) is 12.6 Å². The first-order valence-corrected chi connectivity index (χ1v) is 8.12. The van der Waals surface area contributed by atoms with Crippen molar-refractivity contribution in [3.05, 3.63) is 0 Å². The van der Waals surface area contributed by atoms with Gasteiger partial charge in [-0.1, -0.05) is 26.7 Å². The van der Waals surface area contributed by atoms with Crippen molar-refractivity contribution in [2.75, 3.05) is 13.1 Å². The smallest absolute Gasteiger partial charge is 0.239 e. The molecule has 4 nitrogen and oxygen atoms in total. The number of hydrogen-bond acceptors (Lipinski definition) is 2. The molecule has 4 unspecified atom stereocenters. The van der Waals surface area contributed by atoms with Gasteiger partial charge in [0.1, 0.15) is 0 Å². The number of nitrogens with zero attached hydrogens (tertiary/aromatic N) is 1. The van der Waals surface area contributed by atoms with Gasteiger partial charge in [-0.15, -0.1) is 0 Å². The molecule has 0 spiro atoms. The summed E-state index contributed by atoms with van der Waals surface area (Å²) in [7, 11) is 0. The lowest BCUT2D eigenvalue weighted by Gasteiger charge is -2.44. The first-order chi connectivity index (χ1) is 9.63. The number of hydrogen-bond donors (Lipinski definition) is 1. The van der Waals surface area contributed by atoms with Gasteiger partial charge in [-0.3, -0.25) is 9.59 Å². The zero-order valence-electron chi connectivity index (χ0n) is 12.8. The molecule has 2 bridgehead atoms. The van der Waals surface area contributed by atoms with Crippen LogP contribution in [0, 0.1) is 17.8 Å². The quantitative estimate of drug-likeness (QED) is 0.758. The summed E-state index contributed by atoms with van der Waals surface area (Å²) in [5, 5.41) is 3.21. The minimum atomic E-state index is 0.00595. The van der Waals surface area contributed by atoms with Gasteiger partial charge in [-0.25, -0.2) is 0 Å². The summed E-state index contributed by atoms with van der Waals surface area (Å²) in [5.41, 5.74) is 0. The molecule has 2 aliphatic rings. The normalized spacial score (nSPS) is 32.5. The largest absolute Gasteiger partial charge is 0.351 e. The van der Waals surface area contributed by atoms with Crippen LogP contribution in [0.25, 0.3) is 0 Å². The minimum Gasteiger partial charge on any atom is -0.351 e. The Morgan fingerprint density at radius 1 is 1.35 bits per heavy atom.